The molecule has 0 atom stereocenters. The van der Waals surface area contributed by atoms with Crippen molar-refractivity contribution in [2.75, 3.05) is 0 Å². The van der Waals surface area contributed by atoms with Crippen LogP contribution < -0.4 is 0 Å². The molecule has 4 heteroatoms. The summed E-state index contributed by atoms with van der Waals surface area (Å²) in [5.74, 6) is 0. The summed E-state index contributed by atoms with van der Waals surface area (Å²) in [5, 5.41) is 0. The van der Waals surface area contributed by atoms with Gasteiger partial charge in [0, 0.05) is 19.5 Å². The van der Waals surface area contributed by atoms with E-state index in [9.17, 15) is 0 Å². The standard InChI is InChI=1S/C6H5.HO2P.Zn/c1-2-4-6-5-3-1;1-3-2;/h1-5H;(H,1,2);/q-1;;. The Hall–Kier alpha value is -0.0966. The zero-order chi connectivity index (χ0) is 6.95. The van der Waals surface area contributed by atoms with Gasteiger partial charge in [0.25, 0.3) is 0 Å². The summed E-state index contributed by atoms with van der Waals surface area (Å²) >= 11 is 0. The van der Waals surface area contributed by atoms with Gasteiger partial charge in [-0.1, -0.05) is 0 Å². The Labute approximate surface area is 74.3 Å². The minimum Gasteiger partial charge on any atom is -0.310 e. The van der Waals surface area contributed by atoms with Crippen molar-refractivity contribution in [1.82, 2.24) is 0 Å². The van der Waals surface area contributed by atoms with Crippen molar-refractivity contribution in [3.8, 4) is 0 Å². The number of benzene rings is 1. The van der Waals surface area contributed by atoms with Crippen molar-refractivity contribution >= 4 is 8.69 Å². The second-order valence-electron chi connectivity index (χ2n) is 1.16. The van der Waals surface area contributed by atoms with Gasteiger partial charge in [-0.25, -0.2) is 4.57 Å². The van der Waals surface area contributed by atoms with Crippen molar-refractivity contribution in [3.63, 3.8) is 0 Å². The predicted octanol–water partition coefficient (Wildman–Crippen LogP) is 1.67. The van der Waals surface area contributed by atoms with E-state index in [-0.39, 0.29) is 19.5 Å². The molecule has 0 unspecified atom stereocenters. The minimum atomic E-state index is -0.833. The molecule has 0 saturated heterocycles. The number of hydrogen-bond acceptors (Lipinski definition) is 1. The largest absolute Gasteiger partial charge is 0.324 e. The maximum atomic E-state index is 8.46. The fourth-order valence-electron chi connectivity index (χ4n) is 0.342. The van der Waals surface area contributed by atoms with Crippen molar-refractivity contribution in [1.29, 1.82) is 0 Å². The first-order valence-electron chi connectivity index (χ1n) is 2.29. The normalized spacial score (nSPS) is 6.90. The fourth-order valence-corrected chi connectivity index (χ4v) is 0.342. The van der Waals surface area contributed by atoms with Crippen LogP contribution in [-0.4, -0.2) is 4.89 Å². The van der Waals surface area contributed by atoms with Crippen LogP contribution in [0.1, 0.15) is 0 Å². The average Bonchev–Trinajstić information content (AvgIpc) is 1.93. The second-order valence-corrected chi connectivity index (χ2v) is 1.32. The van der Waals surface area contributed by atoms with Crippen molar-refractivity contribution in [3.05, 3.63) is 36.4 Å². The fraction of sp³-hybridized carbons (Fsp3) is 0. The molecule has 0 spiro atoms. The van der Waals surface area contributed by atoms with E-state index in [1.165, 1.54) is 0 Å². The van der Waals surface area contributed by atoms with Crippen LogP contribution in [0.4, 0.5) is 0 Å². The average molecular weight is 206 g/mol. The zero-order valence-corrected chi connectivity index (χ0v) is 9.26. The summed E-state index contributed by atoms with van der Waals surface area (Å²) in [6.45, 7) is 0. The quantitative estimate of drug-likeness (QED) is 0.398. The first-order chi connectivity index (χ1) is 4.41. The molecule has 2 nitrogen and oxygen atoms in total. The molecule has 0 aromatic heterocycles. The van der Waals surface area contributed by atoms with E-state index < -0.39 is 8.69 Å². The molecule has 0 fully saturated rings. The molecule has 1 aromatic carbocycles. The Morgan fingerprint density at radius 1 is 1.20 bits per heavy atom. The molecular formula is C6H6O2PZn-. The van der Waals surface area contributed by atoms with E-state index >= 15 is 0 Å². The molecule has 0 bridgehead atoms. The van der Waals surface area contributed by atoms with Gasteiger partial charge < -0.3 is 4.89 Å². The number of rotatable bonds is 0. The van der Waals surface area contributed by atoms with Gasteiger partial charge in [0.1, 0.15) is 0 Å². The monoisotopic (exact) mass is 205 g/mol. The van der Waals surface area contributed by atoms with Crippen LogP contribution in [-0.2, 0) is 24.0 Å². The molecule has 0 heterocycles. The summed E-state index contributed by atoms with van der Waals surface area (Å²) in [7, 11) is -0.833. The third-order valence-electron chi connectivity index (χ3n) is 0.607. The molecular weight excluding hydrogens is 200 g/mol. The Kier molecular flexibility index (Phi) is 14.7. The topological polar surface area (TPSA) is 37.3 Å². The van der Waals surface area contributed by atoms with Gasteiger partial charge in [-0.2, -0.15) is 36.4 Å². The van der Waals surface area contributed by atoms with Gasteiger partial charge in [0.05, 0.1) is 0 Å². The van der Waals surface area contributed by atoms with Crippen LogP contribution in [0.25, 0.3) is 0 Å². The molecule has 0 radical (unpaired) electrons. The molecule has 10 heavy (non-hydrogen) atoms. The molecule has 0 aliphatic carbocycles. The van der Waals surface area contributed by atoms with Gasteiger partial charge in [-0.15, -0.1) is 0 Å². The third kappa shape index (κ3) is 10.8. The van der Waals surface area contributed by atoms with Gasteiger partial charge in [-0.3, -0.25) is 0 Å². The first-order valence-corrected chi connectivity index (χ1v) is 3.06. The molecule has 0 saturated carbocycles. The molecule has 1 rings (SSSR count). The maximum absolute atomic E-state index is 8.46. The Balaban J connectivity index is 0. The maximum Gasteiger partial charge on any atom is 0.324 e. The number of hydrogen-bond donors (Lipinski definition) is 1. The van der Waals surface area contributed by atoms with Crippen LogP contribution in [0.3, 0.4) is 0 Å². The van der Waals surface area contributed by atoms with Gasteiger partial charge in [0.2, 0.25) is 0 Å². The summed E-state index contributed by atoms with van der Waals surface area (Å²) in [6.07, 6.45) is 0. The first kappa shape index (κ1) is 12.6. The SMILES string of the molecule is O=PO.[Zn].[c-]1ccccc1. The minimum absolute atomic E-state index is 0. The molecule has 1 N–H and O–H groups in total. The van der Waals surface area contributed by atoms with Crippen LogP contribution in [0.15, 0.2) is 30.3 Å². The molecule has 50 valence electrons. The second kappa shape index (κ2) is 11.7. The van der Waals surface area contributed by atoms with Crippen LogP contribution in [0, 0.1) is 6.07 Å². The van der Waals surface area contributed by atoms with Crippen LogP contribution in [0.5, 0.6) is 0 Å². The van der Waals surface area contributed by atoms with E-state index in [2.05, 4.69) is 6.07 Å². The van der Waals surface area contributed by atoms with Gasteiger partial charge >= 0.3 is 8.69 Å². The van der Waals surface area contributed by atoms with E-state index in [1.54, 1.807) is 0 Å². The van der Waals surface area contributed by atoms with Crippen molar-refractivity contribution in [2.45, 2.75) is 0 Å². The predicted molar refractivity (Wildman–Crippen MR) is 35.1 cm³/mol. The Bertz CT molecular complexity index is 119. The van der Waals surface area contributed by atoms with Crippen LogP contribution >= 0.6 is 8.69 Å². The summed E-state index contributed by atoms with van der Waals surface area (Å²) in [6, 6.07) is 12.5. The summed E-state index contributed by atoms with van der Waals surface area (Å²) in [5.41, 5.74) is 0. The summed E-state index contributed by atoms with van der Waals surface area (Å²) in [4.78, 5) is 6.99. The van der Waals surface area contributed by atoms with Crippen LogP contribution in [0.2, 0.25) is 0 Å². The zero-order valence-electron chi connectivity index (χ0n) is 5.40. The van der Waals surface area contributed by atoms with Gasteiger partial charge in [-0.05, 0) is 0 Å². The molecule has 1 aromatic rings. The van der Waals surface area contributed by atoms with E-state index in [0.717, 1.165) is 0 Å². The third-order valence-corrected chi connectivity index (χ3v) is 0.607. The molecule has 0 amide bonds. The molecule has 0 aliphatic rings. The van der Waals surface area contributed by atoms with Crippen molar-refractivity contribution in [2.24, 2.45) is 0 Å². The van der Waals surface area contributed by atoms with Gasteiger partial charge in [0.15, 0.2) is 0 Å². The van der Waals surface area contributed by atoms with E-state index in [0.29, 0.717) is 0 Å². The summed E-state index contributed by atoms with van der Waals surface area (Å²) < 4.78 is 8.46. The van der Waals surface area contributed by atoms with E-state index in [1.807, 2.05) is 30.3 Å². The Morgan fingerprint density at radius 2 is 1.60 bits per heavy atom. The Morgan fingerprint density at radius 3 is 1.70 bits per heavy atom. The van der Waals surface area contributed by atoms with E-state index in [4.69, 9.17) is 9.46 Å². The van der Waals surface area contributed by atoms with Crippen molar-refractivity contribution < 1.29 is 28.9 Å². The smallest absolute Gasteiger partial charge is 0.310 e. The molecule has 0 aliphatic heterocycles.